The molecule has 3 aromatic rings. The number of imidazole rings is 1. The lowest BCUT2D eigenvalue weighted by molar-refractivity contribution is 0.0528. The molecule has 0 aliphatic heterocycles. The Hall–Kier alpha value is -2.82. The molecule has 0 aromatic carbocycles. The molecule has 0 fully saturated rings. The number of alkyl carbamates (subject to hydrolysis) is 1. The molecule has 3 heterocycles. The molecule has 0 unspecified atom stereocenters. The molecule has 16 heteroatoms. The summed E-state index contributed by atoms with van der Waals surface area (Å²) < 4.78 is 39.7. The molecule has 0 aliphatic carbocycles. The zero-order valence-electron chi connectivity index (χ0n) is 25.5. The Bertz CT molecular complexity index is 1540. The van der Waals surface area contributed by atoms with Gasteiger partial charge >= 0.3 is 6.09 Å². The monoisotopic (exact) mass is 684 g/mol. The molecule has 232 valence electrons. The van der Waals surface area contributed by atoms with E-state index >= 15 is 0 Å². The molecule has 1 amide bonds. The highest BCUT2D eigenvalue weighted by Gasteiger charge is 2.20. The third-order valence-corrected chi connectivity index (χ3v) is 8.92. The molecule has 0 saturated carbocycles. The Kier molecular flexibility index (Phi) is 10.9. The first kappa shape index (κ1) is 33.7. The predicted molar refractivity (Wildman–Crippen MR) is 168 cm³/mol. The molecule has 3 aromatic heterocycles. The van der Waals surface area contributed by atoms with Crippen LogP contribution in [0.15, 0.2) is 27.6 Å². The van der Waals surface area contributed by atoms with Gasteiger partial charge in [-0.2, -0.15) is 19.6 Å². The minimum Gasteiger partial charge on any atom is -0.444 e. The van der Waals surface area contributed by atoms with E-state index in [1.54, 1.807) is 6.20 Å². The highest BCUT2D eigenvalue weighted by Crippen LogP contribution is 2.21. The molecule has 0 atom stereocenters. The number of amides is 1. The maximum Gasteiger partial charge on any atom is 0.407 e. The van der Waals surface area contributed by atoms with E-state index in [-0.39, 0.29) is 24.4 Å². The van der Waals surface area contributed by atoms with Crippen LogP contribution < -0.4 is 10.6 Å². The number of sulfone groups is 1. The number of hydrogen-bond acceptors (Lipinski definition) is 10. The van der Waals surface area contributed by atoms with Crippen LogP contribution in [0, 0.1) is 0 Å². The van der Waals surface area contributed by atoms with Crippen molar-refractivity contribution in [2.24, 2.45) is 0 Å². The fourth-order valence-electron chi connectivity index (χ4n) is 3.64. The van der Waals surface area contributed by atoms with E-state index < -0.39 is 29.6 Å². The van der Waals surface area contributed by atoms with Gasteiger partial charge in [0.25, 0.3) is 5.16 Å². The second-order valence-corrected chi connectivity index (χ2v) is 20.6. The van der Waals surface area contributed by atoms with Crippen LogP contribution in [0.2, 0.25) is 25.7 Å². The summed E-state index contributed by atoms with van der Waals surface area (Å²) in [6.45, 7) is 15.9. The number of hydrogen-bond donors (Lipinski definition) is 2. The lowest BCUT2D eigenvalue weighted by Gasteiger charge is -2.19. The van der Waals surface area contributed by atoms with Crippen molar-refractivity contribution < 1.29 is 22.7 Å². The van der Waals surface area contributed by atoms with Crippen LogP contribution in [0.5, 0.6) is 0 Å². The zero-order valence-corrected chi connectivity index (χ0v) is 28.9. The Morgan fingerprint density at radius 1 is 1.19 bits per heavy atom. The molecule has 3 rings (SSSR count). The molecule has 0 spiro atoms. The smallest absolute Gasteiger partial charge is 0.407 e. The predicted octanol–water partition coefficient (Wildman–Crippen LogP) is 4.73. The average molecular weight is 686 g/mol. The van der Waals surface area contributed by atoms with Gasteiger partial charge in [0, 0.05) is 27.5 Å². The maximum atomic E-state index is 12.2. The topological polar surface area (TPSA) is 155 Å². The summed E-state index contributed by atoms with van der Waals surface area (Å²) in [5.74, 6) is 0.870. The van der Waals surface area contributed by atoms with Gasteiger partial charge in [-0.1, -0.05) is 25.2 Å². The van der Waals surface area contributed by atoms with Crippen molar-refractivity contribution in [1.29, 1.82) is 0 Å². The van der Waals surface area contributed by atoms with Crippen LogP contribution in [0.25, 0.3) is 11.7 Å². The van der Waals surface area contributed by atoms with E-state index in [9.17, 15) is 13.2 Å². The van der Waals surface area contributed by atoms with Gasteiger partial charge in [-0.3, -0.25) is 0 Å². The summed E-state index contributed by atoms with van der Waals surface area (Å²) in [6, 6.07) is 1.02. The first-order valence-electron chi connectivity index (χ1n) is 13.5. The number of nitrogens with zero attached hydrogens (tertiary/aromatic N) is 6. The number of ether oxygens (including phenoxy) is 2. The van der Waals surface area contributed by atoms with Gasteiger partial charge in [0.05, 0.1) is 29.1 Å². The number of carbonyl (C=O) groups is 1. The third kappa shape index (κ3) is 10.2. The summed E-state index contributed by atoms with van der Waals surface area (Å²) in [5, 5.41) is 9.89. The van der Waals surface area contributed by atoms with E-state index in [1.807, 2.05) is 38.3 Å². The first-order chi connectivity index (χ1) is 19.4. The van der Waals surface area contributed by atoms with Crippen LogP contribution in [0.3, 0.4) is 0 Å². The largest absolute Gasteiger partial charge is 0.444 e. The summed E-state index contributed by atoms with van der Waals surface area (Å²) in [7, 11) is -4.94. The van der Waals surface area contributed by atoms with Crippen LogP contribution in [-0.2, 0) is 32.6 Å². The van der Waals surface area contributed by atoms with Gasteiger partial charge in [-0.15, -0.1) is 0 Å². The van der Waals surface area contributed by atoms with E-state index in [0.717, 1.165) is 23.6 Å². The fraction of sp³-hybridized carbons (Fsp3) is 0.577. The lowest BCUT2D eigenvalue weighted by Crippen LogP contribution is -2.33. The second-order valence-electron chi connectivity index (χ2n) is 12.2. The Labute approximate surface area is 256 Å². The molecule has 0 radical (unpaired) electrons. The van der Waals surface area contributed by atoms with Gasteiger partial charge in [0.1, 0.15) is 18.2 Å². The van der Waals surface area contributed by atoms with Gasteiger partial charge < -0.3 is 24.7 Å². The van der Waals surface area contributed by atoms with Crippen molar-refractivity contribution in [2.45, 2.75) is 83.8 Å². The van der Waals surface area contributed by atoms with Gasteiger partial charge in [0.15, 0.2) is 5.65 Å². The maximum absolute atomic E-state index is 12.2. The van der Waals surface area contributed by atoms with Crippen molar-refractivity contribution in [3.63, 3.8) is 0 Å². The molecule has 2 N–H and O–H groups in total. The number of nitrogens with one attached hydrogen (secondary N) is 2. The summed E-state index contributed by atoms with van der Waals surface area (Å²) in [4.78, 5) is 24.9. The zero-order chi connectivity index (χ0) is 31.3. The van der Waals surface area contributed by atoms with Gasteiger partial charge in [-0.05, 0) is 62.2 Å². The van der Waals surface area contributed by atoms with Gasteiger partial charge in [0.2, 0.25) is 15.8 Å². The van der Waals surface area contributed by atoms with Crippen molar-refractivity contribution in [2.75, 3.05) is 24.7 Å². The molecule has 42 heavy (non-hydrogen) atoms. The standard InChI is InChI=1S/C26H41BrN8O5SSi/c1-18(9-10-28-25(36)40-26(2,3)4)13-19-14-29-21(34(19)17-39-11-12-42(6,7)8)16-30-23-33-24(41(5,37)38)32-22-20(27)15-31-35(22)23/h13-15H,9-12,16-17H2,1-8H3,(H,28,36)(H,30,32,33)/b18-13+. The van der Waals surface area contributed by atoms with Crippen LogP contribution >= 0.6 is 15.9 Å². The normalized spacial score (nSPS) is 13.0. The molecular formula is C26H41BrN8O5SSi. The summed E-state index contributed by atoms with van der Waals surface area (Å²) in [6.07, 6.45) is 6.51. The van der Waals surface area contributed by atoms with Crippen LogP contribution in [0.1, 0.15) is 45.6 Å². The van der Waals surface area contributed by atoms with Crippen molar-refractivity contribution >= 4 is 57.6 Å². The summed E-state index contributed by atoms with van der Waals surface area (Å²) >= 11 is 3.36. The second kappa shape index (κ2) is 13.6. The number of rotatable bonds is 13. The molecular weight excluding hydrogens is 644 g/mol. The Morgan fingerprint density at radius 3 is 2.55 bits per heavy atom. The fourth-order valence-corrected chi connectivity index (χ4v) is 5.25. The van der Waals surface area contributed by atoms with Gasteiger partial charge in [-0.25, -0.2) is 18.2 Å². The molecule has 0 aliphatic rings. The average Bonchev–Trinajstić information content (AvgIpc) is 3.40. The van der Waals surface area contributed by atoms with Crippen LogP contribution in [-0.4, -0.2) is 76.7 Å². The number of carbonyl (C=O) groups excluding carboxylic acids is 1. The molecule has 0 bridgehead atoms. The quantitative estimate of drug-likeness (QED) is 0.191. The Balaban J connectivity index is 1.81. The number of aromatic nitrogens is 6. The summed E-state index contributed by atoms with van der Waals surface area (Å²) in [5.41, 5.74) is 1.64. The van der Waals surface area contributed by atoms with Crippen molar-refractivity contribution in [1.82, 2.24) is 34.4 Å². The van der Waals surface area contributed by atoms with E-state index in [1.165, 1.54) is 10.7 Å². The SMILES string of the molecule is C/C(=C\c1cnc(CNc2nc(S(C)(=O)=O)nc3c(Br)cnn23)n1COCC[Si](C)(C)C)CCNC(=O)OC(C)(C)C. The van der Waals surface area contributed by atoms with Crippen molar-refractivity contribution in [3.8, 4) is 0 Å². The first-order valence-corrected chi connectivity index (χ1v) is 19.9. The number of fused-ring (bicyclic) bond motifs is 1. The van der Waals surface area contributed by atoms with Crippen LogP contribution in [0.4, 0.5) is 10.7 Å². The number of halogens is 1. The molecule has 0 saturated heterocycles. The number of anilines is 1. The highest BCUT2D eigenvalue weighted by molar-refractivity contribution is 9.10. The lowest BCUT2D eigenvalue weighted by atomic mass is 10.2. The van der Waals surface area contributed by atoms with E-state index in [4.69, 9.17) is 9.47 Å². The van der Waals surface area contributed by atoms with E-state index in [2.05, 4.69) is 66.3 Å². The molecule has 13 nitrogen and oxygen atoms in total. The Morgan fingerprint density at radius 2 is 1.90 bits per heavy atom. The third-order valence-electron chi connectivity index (χ3n) is 5.81. The highest BCUT2D eigenvalue weighted by atomic mass is 79.9. The minimum atomic E-state index is -3.66. The van der Waals surface area contributed by atoms with Crippen molar-refractivity contribution in [3.05, 3.63) is 34.0 Å². The minimum absolute atomic E-state index is 0.210. The van der Waals surface area contributed by atoms with E-state index in [0.29, 0.717) is 35.5 Å².